The molecule has 0 fully saturated rings. The topological polar surface area (TPSA) is 138 Å². The van der Waals surface area contributed by atoms with Crippen molar-refractivity contribution in [1.82, 2.24) is 0 Å². The van der Waals surface area contributed by atoms with Crippen molar-refractivity contribution < 1.29 is 29.4 Å². The molecule has 0 heterocycles. The van der Waals surface area contributed by atoms with E-state index in [1.165, 1.54) is 0 Å². The van der Waals surface area contributed by atoms with Gasteiger partial charge in [-0.15, -0.1) is 0 Å². The third kappa shape index (κ3) is 114. The van der Waals surface area contributed by atoms with Crippen LogP contribution in [0.5, 0.6) is 0 Å². The second-order valence-electron chi connectivity index (χ2n) is 0.447. The van der Waals surface area contributed by atoms with Crippen LogP contribution in [-0.2, 0) is 0 Å². The summed E-state index contributed by atoms with van der Waals surface area (Å²) in [6.45, 7) is 0. The summed E-state index contributed by atoms with van der Waals surface area (Å²) in [4.78, 5) is 50.9. The SMILES string of the molecule is [Ca+2].[Ca+2].[Ca+2].[O-]P([O-])[O-].[O-]P([O-])[O-]. The maximum absolute atomic E-state index is 8.48. The fourth-order valence-corrected chi connectivity index (χ4v) is 0. The van der Waals surface area contributed by atoms with Gasteiger partial charge in [-0.05, 0) is 0 Å². The minimum Gasteiger partial charge on any atom is -0.854 e. The molecule has 0 radical (unpaired) electrons. The molecule has 0 unspecified atom stereocenters. The van der Waals surface area contributed by atoms with Crippen molar-refractivity contribution >= 4 is 130 Å². The van der Waals surface area contributed by atoms with E-state index in [1.807, 2.05) is 0 Å². The molecule has 0 spiro atoms. The quantitative estimate of drug-likeness (QED) is 0.319. The molecular weight excluding hydrogens is 278 g/mol. The summed E-state index contributed by atoms with van der Waals surface area (Å²) < 4.78 is 0. The van der Waals surface area contributed by atoms with E-state index in [1.54, 1.807) is 0 Å². The van der Waals surface area contributed by atoms with Gasteiger partial charge in [0.25, 0.3) is 0 Å². The van der Waals surface area contributed by atoms with Crippen LogP contribution in [0.4, 0.5) is 0 Å². The summed E-state index contributed by atoms with van der Waals surface area (Å²) in [6, 6.07) is 0. The average Bonchev–Trinajstić information content (AvgIpc) is 1.25. The second kappa shape index (κ2) is 23.9. The van der Waals surface area contributed by atoms with E-state index in [4.69, 9.17) is 29.4 Å². The molecule has 0 aliphatic rings. The van der Waals surface area contributed by atoms with E-state index < -0.39 is 17.2 Å². The van der Waals surface area contributed by atoms with Crippen molar-refractivity contribution in [2.75, 3.05) is 0 Å². The molecule has 52 valence electrons. The van der Waals surface area contributed by atoms with E-state index in [2.05, 4.69) is 0 Å². The Kier molecular flexibility index (Phi) is 64.2. The Morgan fingerprint density at radius 3 is 0.455 bits per heavy atom. The summed E-state index contributed by atoms with van der Waals surface area (Å²) >= 11 is 0. The molecule has 0 bridgehead atoms. The average molecular weight is 278 g/mol. The van der Waals surface area contributed by atoms with Crippen LogP contribution in [0, 0.1) is 0 Å². The van der Waals surface area contributed by atoms with Gasteiger partial charge in [0.2, 0.25) is 0 Å². The Morgan fingerprint density at radius 2 is 0.455 bits per heavy atom. The Balaban J connectivity index is -0.0000000171. The molecule has 6 nitrogen and oxygen atoms in total. The van der Waals surface area contributed by atoms with Crippen LogP contribution in [0.3, 0.4) is 0 Å². The Hall–Kier alpha value is 4.40. The molecule has 0 aromatic heterocycles. The zero-order chi connectivity index (χ0) is 7.15. The predicted molar refractivity (Wildman–Crippen MR) is 31.1 cm³/mol. The number of hydrogen-bond donors (Lipinski definition) is 0. The van der Waals surface area contributed by atoms with E-state index in [9.17, 15) is 0 Å². The van der Waals surface area contributed by atoms with Gasteiger partial charge in [-0.2, -0.15) is 0 Å². The molecule has 0 atom stereocenters. The van der Waals surface area contributed by atoms with Crippen molar-refractivity contribution in [2.24, 2.45) is 0 Å². The predicted octanol–water partition coefficient (Wildman–Crippen LogP) is -6.55. The molecular formula is Ca3O6P2. The summed E-state index contributed by atoms with van der Waals surface area (Å²) in [5.41, 5.74) is 0. The summed E-state index contributed by atoms with van der Waals surface area (Å²) in [7, 11) is -6.74. The first-order chi connectivity index (χ1) is 3.46. The van der Waals surface area contributed by atoms with Gasteiger partial charge in [-0.1, -0.05) is 0 Å². The summed E-state index contributed by atoms with van der Waals surface area (Å²) in [5, 5.41) is 0. The molecule has 0 N–H and O–H groups in total. The van der Waals surface area contributed by atoms with Gasteiger partial charge in [-0.25, -0.2) is 0 Å². The minimum atomic E-state index is -3.37. The van der Waals surface area contributed by atoms with Gasteiger partial charge in [0, 0.05) is 0 Å². The van der Waals surface area contributed by atoms with Crippen molar-refractivity contribution in [3.05, 3.63) is 0 Å². The first-order valence-electron chi connectivity index (χ1n) is 1.10. The van der Waals surface area contributed by atoms with Crippen LogP contribution >= 0.6 is 17.2 Å². The first kappa shape index (κ1) is 29.5. The molecule has 0 amide bonds. The van der Waals surface area contributed by atoms with Crippen LogP contribution in [-0.4, -0.2) is 113 Å². The summed E-state index contributed by atoms with van der Waals surface area (Å²) in [6.07, 6.45) is 0. The van der Waals surface area contributed by atoms with E-state index >= 15 is 0 Å². The molecule has 0 rings (SSSR count). The van der Waals surface area contributed by atoms with E-state index in [0.29, 0.717) is 0 Å². The Morgan fingerprint density at radius 1 is 0.455 bits per heavy atom. The largest absolute Gasteiger partial charge is 2.00 e. The van der Waals surface area contributed by atoms with Gasteiger partial charge in [0.15, 0.2) is 0 Å². The van der Waals surface area contributed by atoms with Gasteiger partial charge >= 0.3 is 113 Å². The third-order valence-corrected chi connectivity index (χ3v) is 0. The molecule has 0 aliphatic carbocycles. The number of hydrogen-bond acceptors (Lipinski definition) is 6. The number of rotatable bonds is 0. The standard InChI is InChI=1S/3Ca.2O3P/c;;;2*1-4(2)3/q3*+2;2*-3. The molecule has 0 aliphatic heterocycles. The normalized spacial score (nSPS) is 6.55. The molecule has 0 saturated heterocycles. The maximum atomic E-state index is 8.48. The molecule has 0 aromatic carbocycles. The Labute approximate surface area is 156 Å². The fourth-order valence-electron chi connectivity index (χ4n) is 0. The smallest absolute Gasteiger partial charge is 0.854 e. The fraction of sp³-hybridized carbons (Fsp3) is 0. The molecule has 11 heavy (non-hydrogen) atoms. The van der Waals surface area contributed by atoms with Gasteiger partial charge < -0.3 is 46.6 Å². The first-order valence-corrected chi connectivity index (χ1v) is 3.29. The van der Waals surface area contributed by atoms with Gasteiger partial charge in [0.05, 0.1) is 0 Å². The third-order valence-electron chi connectivity index (χ3n) is 0. The van der Waals surface area contributed by atoms with Crippen molar-refractivity contribution in [2.45, 2.75) is 0 Å². The maximum Gasteiger partial charge on any atom is 2.00 e. The van der Waals surface area contributed by atoms with Crippen LogP contribution in [0.2, 0.25) is 0 Å². The van der Waals surface area contributed by atoms with Crippen molar-refractivity contribution in [3.63, 3.8) is 0 Å². The van der Waals surface area contributed by atoms with E-state index in [0.717, 1.165) is 0 Å². The molecule has 0 aromatic rings. The Bertz CT molecular complexity index is 31.3. The van der Waals surface area contributed by atoms with E-state index in [-0.39, 0.29) is 113 Å². The minimum absolute atomic E-state index is 0. The van der Waals surface area contributed by atoms with Crippen LogP contribution < -0.4 is 29.4 Å². The van der Waals surface area contributed by atoms with Crippen LogP contribution in [0.15, 0.2) is 0 Å². The van der Waals surface area contributed by atoms with Crippen molar-refractivity contribution in [3.8, 4) is 0 Å². The van der Waals surface area contributed by atoms with Crippen molar-refractivity contribution in [1.29, 1.82) is 0 Å². The molecule has 0 saturated carbocycles. The summed E-state index contributed by atoms with van der Waals surface area (Å²) in [5.74, 6) is 0. The van der Waals surface area contributed by atoms with Gasteiger partial charge in [0.1, 0.15) is 0 Å². The zero-order valence-corrected chi connectivity index (χ0v) is 13.9. The zero-order valence-electron chi connectivity index (χ0n) is 5.47. The monoisotopic (exact) mass is 278 g/mol. The van der Waals surface area contributed by atoms with Gasteiger partial charge in [-0.3, -0.25) is 0 Å². The second-order valence-corrected chi connectivity index (χ2v) is 1.34. The van der Waals surface area contributed by atoms with Crippen LogP contribution in [0.25, 0.3) is 0 Å². The van der Waals surface area contributed by atoms with Crippen LogP contribution in [0.1, 0.15) is 0 Å². The molecule has 11 heteroatoms.